The molecule has 0 saturated carbocycles. The predicted octanol–water partition coefficient (Wildman–Crippen LogP) is 4.39. The van der Waals surface area contributed by atoms with Gasteiger partial charge in [0.2, 0.25) is 0 Å². The third-order valence-corrected chi connectivity index (χ3v) is 6.45. The maximum atomic E-state index is 13.0. The number of carbonyl (C=O) groups is 1. The van der Waals surface area contributed by atoms with Crippen molar-refractivity contribution in [3.8, 4) is 16.2 Å². The first kappa shape index (κ1) is 19.6. The van der Waals surface area contributed by atoms with E-state index in [0.717, 1.165) is 29.1 Å². The smallest absolute Gasteiger partial charge is 0.265 e. The number of likely N-dealkylation sites (tertiary alicyclic amines) is 1. The molecule has 0 radical (unpaired) electrons. The number of hydrogen-bond donors (Lipinski definition) is 1. The molecule has 0 spiro atoms. The summed E-state index contributed by atoms with van der Waals surface area (Å²) in [7, 11) is 1.61. The van der Waals surface area contributed by atoms with Crippen LogP contribution in [0.1, 0.15) is 34.1 Å². The summed E-state index contributed by atoms with van der Waals surface area (Å²) in [5.41, 5.74) is 2.22. The van der Waals surface area contributed by atoms with Crippen LogP contribution in [0.3, 0.4) is 0 Å². The van der Waals surface area contributed by atoms with Crippen molar-refractivity contribution < 1.29 is 9.53 Å². The number of pyridine rings is 1. The number of thiophene rings is 1. The van der Waals surface area contributed by atoms with Crippen LogP contribution in [0.5, 0.6) is 5.75 Å². The minimum atomic E-state index is -0.0953. The maximum absolute atomic E-state index is 13.0. The van der Waals surface area contributed by atoms with Gasteiger partial charge in [-0.15, -0.1) is 11.3 Å². The molecule has 1 aromatic carbocycles. The molecule has 3 aromatic rings. The van der Waals surface area contributed by atoms with E-state index in [2.05, 4.69) is 21.3 Å². The van der Waals surface area contributed by atoms with E-state index in [-0.39, 0.29) is 11.9 Å². The first-order valence-corrected chi connectivity index (χ1v) is 10.7. The summed E-state index contributed by atoms with van der Waals surface area (Å²) < 4.78 is 5.49. The SMILES string of the molecule is COc1cc(-c2ccccc2)sc1C(=O)NC[C@H](c1cccnc1)N1CCCC1. The van der Waals surface area contributed by atoms with Crippen LogP contribution in [-0.4, -0.2) is 42.5 Å². The van der Waals surface area contributed by atoms with Gasteiger partial charge in [0.05, 0.1) is 13.2 Å². The van der Waals surface area contributed by atoms with Gasteiger partial charge in [-0.05, 0) is 49.2 Å². The van der Waals surface area contributed by atoms with Gasteiger partial charge in [0, 0.05) is 23.8 Å². The molecule has 0 unspecified atom stereocenters. The second-order valence-electron chi connectivity index (χ2n) is 7.13. The number of ether oxygens (including phenoxy) is 1. The third-order valence-electron chi connectivity index (χ3n) is 5.29. The Bertz CT molecular complexity index is 937. The molecular formula is C23H25N3O2S. The summed E-state index contributed by atoms with van der Waals surface area (Å²) in [5.74, 6) is 0.521. The zero-order valence-electron chi connectivity index (χ0n) is 16.5. The van der Waals surface area contributed by atoms with Crippen LogP contribution >= 0.6 is 11.3 Å². The molecule has 0 bridgehead atoms. The molecular weight excluding hydrogens is 382 g/mol. The maximum Gasteiger partial charge on any atom is 0.265 e. The van der Waals surface area contributed by atoms with E-state index in [0.29, 0.717) is 17.2 Å². The van der Waals surface area contributed by atoms with E-state index < -0.39 is 0 Å². The van der Waals surface area contributed by atoms with E-state index in [4.69, 9.17) is 4.74 Å². The fourth-order valence-corrected chi connectivity index (χ4v) is 4.83. The minimum Gasteiger partial charge on any atom is -0.495 e. The summed E-state index contributed by atoms with van der Waals surface area (Å²) in [6.07, 6.45) is 6.08. The molecule has 1 saturated heterocycles. The lowest BCUT2D eigenvalue weighted by Crippen LogP contribution is -2.36. The largest absolute Gasteiger partial charge is 0.495 e. The van der Waals surface area contributed by atoms with Crippen molar-refractivity contribution in [1.82, 2.24) is 15.2 Å². The van der Waals surface area contributed by atoms with Gasteiger partial charge in [-0.2, -0.15) is 0 Å². The zero-order valence-corrected chi connectivity index (χ0v) is 17.3. The molecule has 4 rings (SSSR count). The minimum absolute atomic E-state index is 0.0953. The molecule has 0 aliphatic carbocycles. The number of benzene rings is 1. The lowest BCUT2D eigenvalue weighted by molar-refractivity contribution is 0.0939. The van der Waals surface area contributed by atoms with E-state index in [9.17, 15) is 4.79 Å². The van der Waals surface area contributed by atoms with E-state index in [1.807, 2.05) is 48.7 Å². The average Bonchev–Trinajstić information content (AvgIpc) is 3.45. The number of nitrogens with one attached hydrogen (secondary N) is 1. The normalized spacial score (nSPS) is 15.2. The highest BCUT2D eigenvalue weighted by Crippen LogP contribution is 2.36. The third kappa shape index (κ3) is 4.49. The Hall–Kier alpha value is -2.70. The van der Waals surface area contributed by atoms with Crippen molar-refractivity contribution in [2.45, 2.75) is 18.9 Å². The summed E-state index contributed by atoms with van der Waals surface area (Å²) >= 11 is 1.46. The van der Waals surface area contributed by atoms with Crippen LogP contribution < -0.4 is 10.1 Å². The molecule has 2 aromatic heterocycles. The predicted molar refractivity (Wildman–Crippen MR) is 116 cm³/mol. The quantitative estimate of drug-likeness (QED) is 0.631. The highest BCUT2D eigenvalue weighted by molar-refractivity contribution is 7.17. The van der Waals surface area contributed by atoms with Crippen LogP contribution in [0.2, 0.25) is 0 Å². The average molecular weight is 408 g/mol. The Morgan fingerprint density at radius 3 is 2.69 bits per heavy atom. The molecule has 1 aliphatic heterocycles. The van der Waals surface area contributed by atoms with Crippen LogP contribution in [0, 0.1) is 0 Å². The topological polar surface area (TPSA) is 54.5 Å². The van der Waals surface area contributed by atoms with Gasteiger partial charge in [0.25, 0.3) is 5.91 Å². The van der Waals surface area contributed by atoms with E-state index >= 15 is 0 Å². The van der Waals surface area contributed by atoms with Gasteiger partial charge in [0.1, 0.15) is 10.6 Å². The highest BCUT2D eigenvalue weighted by Gasteiger charge is 2.25. The first-order valence-electron chi connectivity index (χ1n) is 9.91. The Balaban J connectivity index is 1.51. The van der Waals surface area contributed by atoms with Crippen LogP contribution in [0.4, 0.5) is 0 Å². The molecule has 1 atom stereocenters. The molecule has 3 heterocycles. The second-order valence-corrected chi connectivity index (χ2v) is 8.18. The van der Waals surface area contributed by atoms with Crippen LogP contribution in [0.25, 0.3) is 10.4 Å². The summed E-state index contributed by atoms with van der Waals surface area (Å²) in [4.78, 5) is 21.3. The van der Waals surface area contributed by atoms with E-state index in [1.165, 1.54) is 24.2 Å². The Labute approximate surface area is 175 Å². The van der Waals surface area contributed by atoms with Crippen molar-refractivity contribution in [2.75, 3.05) is 26.7 Å². The molecule has 1 fully saturated rings. The van der Waals surface area contributed by atoms with Crippen molar-refractivity contribution >= 4 is 17.2 Å². The number of rotatable bonds is 7. The number of aromatic nitrogens is 1. The van der Waals surface area contributed by atoms with Crippen molar-refractivity contribution in [3.63, 3.8) is 0 Å². The fraction of sp³-hybridized carbons (Fsp3) is 0.304. The van der Waals surface area contributed by atoms with Crippen molar-refractivity contribution in [1.29, 1.82) is 0 Å². The van der Waals surface area contributed by atoms with Gasteiger partial charge in [-0.1, -0.05) is 36.4 Å². The summed E-state index contributed by atoms with van der Waals surface area (Å²) in [6, 6.07) is 16.2. The molecule has 6 heteroatoms. The van der Waals surface area contributed by atoms with Crippen molar-refractivity contribution in [3.05, 3.63) is 71.4 Å². The Morgan fingerprint density at radius 1 is 1.21 bits per heavy atom. The number of nitrogens with zero attached hydrogens (tertiary/aromatic N) is 2. The molecule has 1 amide bonds. The molecule has 1 aliphatic rings. The second kappa shape index (κ2) is 9.20. The molecule has 1 N–H and O–H groups in total. The molecule has 150 valence electrons. The van der Waals surface area contributed by atoms with Gasteiger partial charge in [0.15, 0.2) is 0 Å². The monoisotopic (exact) mass is 407 g/mol. The number of carbonyl (C=O) groups excluding carboxylic acids is 1. The summed E-state index contributed by atoms with van der Waals surface area (Å²) in [6.45, 7) is 2.65. The van der Waals surface area contributed by atoms with Crippen LogP contribution in [0.15, 0.2) is 60.9 Å². The number of hydrogen-bond acceptors (Lipinski definition) is 5. The van der Waals surface area contributed by atoms with Gasteiger partial charge < -0.3 is 10.1 Å². The van der Waals surface area contributed by atoms with Gasteiger partial charge >= 0.3 is 0 Å². The first-order chi connectivity index (χ1) is 14.3. The Kier molecular flexibility index (Phi) is 6.22. The molecule has 29 heavy (non-hydrogen) atoms. The zero-order chi connectivity index (χ0) is 20.1. The Morgan fingerprint density at radius 2 is 2.00 bits per heavy atom. The molecule has 5 nitrogen and oxygen atoms in total. The van der Waals surface area contributed by atoms with Crippen molar-refractivity contribution in [2.24, 2.45) is 0 Å². The number of amides is 1. The van der Waals surface area contributed by atoms with Gasteiger partial charge in [-0.25, -0.2) is 0 Å². The fourth-order valence-electron chi connectivity index (χ4n) is 3.78. The lowest BCUT2D eigenvalue weighted by Gasteiger charge is -2.27. The number of methoxy groups -OCH3 is 1. The van der Waals surface area contributed by atoms with E-state index in [1.54, 1.807) is 13.3 Å². The van der Waals surface area contributed by atoms with Gasteiger partial charge in [-0.3, -0.25) is 14.7 Å². The highest BCUT2D eigenvalue weighted by atomic mass is 32.1. The lowest BCUT2D eigenvalue weighted by atomic mass is 10.1. The summed E-state index contributed by atoms with van der Waals surface area (Å²) in [5, 5.41) is 3.14. The standard InChI is InChI=1S/C23H25N3O2S/c1-28-20-14-21(17-8-3-2-4-9-17)29-22(20)23(27)25-16-19(26-12-5-6-13-26)18-10-7-11-24-15-18/h2-4,7-11,14-15,19H,5-6,12-13,16H2,1H3,(H,25,27)/t19-/m1/s1. The van der Waals surface area contributed by atoms with Crippen LogP contribution in [-0.2, 0) is 0 Å².